The second-order valence-corrected chi connectivity index (χ2v) is 4.82. The van der Waals surface area contributed by atoms with Crippen molar-refractivity contribution >= 4 is 15.9 Å². The molecule has 96 valence electrons. The Morgan fingerprint density at radius 2 is 2.11 bits per heavy atom. The fourth-order valence-electron chi connectivity index (χ4n) is 1.74. The molecule has 3 nitrogen and oxygen atoms in total. The highest BCUT2D eigenvalue weighted by atomic mass is 79.9. The van der Waals surface area contributed by atoms with Crippen LogP contribution < -0.4 is 4.74 Å². The van der Waals surface area contributed by atoms with E-state index in [2.05, 4.69) is 15.9 Å². The highest BCUT2D eigenvalue weighted by molar-refractivity contribution is 9.10. The van der Waals surface area contributed by atoms with E-state index in [4.69, 9.17) is 9.15 Å². The van der Waals surface area contributed by atoms with Crippen molar-refractivity contribution in [3.8, 4) is 5.75 Å². The molecule has 18 heavy (non-hydrogen) atoms. The molecule has 2 aromatic rings. The molecule has 1 heterocycles. The highest BCUT2D eigenvalue weighted by Gasteiger charge is 2.17. The first-order chi connectivity index (χ1) is 8.61. The molecule has 0 aliphatic rings. The summed E-state index contributed by atoms with van der Waals surface area (Å²) in [5.74, 6) is 2.10. The van der Waals surface area contributed by atoms with Gasteiger partial charge in [0.1, 0.15) is 23.4 Å². The van der Waals surface area contributed by atoms with Crippen LogP contribution in [0.25, 0.3) is 0 Å². The normalized spacial score (nSPS) is 12.4. The minimum Gasteiger partial charge on any atom is -0.494 e. The SMILES string of the molecule is CCOc1ccc(C(O)c2ccc(C)o2)c(Br)c1. The van der Waals surface area contributed by atoms with Crippen LogP contribution in [0.3, 0.4) is 0 Å². The van der Waals surface area contributed by atoms with Crippen molar-refractivity contribution in [3.05, 3.63) is 51.9 Å². The second-order valence-electron chi connectivity index (χ2n) is 3.97. The molecule has 1 unspecified atom stereocenters. The van der Waals surface area contributed by atoms with Crippen LogP contribution in [0, 0.1) is 6.92 Å². The monoisotopic (exact) mass is 310 g/mol. The molecule has 0 saturated carbocycles. The molecular formula is C14H15BrO3. The summed E-state index contributed by atoms with van der Waals surface area (Å²) >= 11 is 3.44. The van der Waals surface area contributed by atoms with Crippen LogP contribution in [0.15, 0.2) is 39.2 Å². The van der Waals surface area contributed by atoms with E-state index in [0.717, 1.165) is 21.5 Å². The van der Waals surface area contributed by atoms with Crippen LogP contribution in [0.4, 0.5) is 0 Å². The Balaban J connectivity index is 2.28. The summed E-state index contributed by atoms with van der Waals surface area (Å²) in [6.07, 6.45) is -0.774. The molecule has 1 atom stereocenters. The quantitative estimate of drug-likeness (QED) is 0.933. The van der Waals surface area contributed by atoms with Crippen LogP contribution in [0.1, 0.15) is 30.1 Å². The molecule has 0 spiro atoms. The summed E-state index contributed by atoms with van der Waals surface area (Å²) in [6, 6.07) is 9.13. The van der Waals surface area contributed by atoms with E-state index in [-0.39, 0.29) is 0 Å². The summed E-state index contributed by atoms with van der Waals surface area (Å²) in [5.41, 5.74) is 0.757. The van der Waals surface area contributed by atoms with Gasteiger partial charge >= 0.3 is 0 Å². The third kappa shape index (κ3) is 2.76. The van der Waals surface area contributed by atoms with Gasteiger partial charge in [0.15, 0.2) is 0 Å². The third-order valence-electron chi connectivity index (χ3n) is 2.61. The average Bonchev–Trinajstić information content (AvgIpc) is 2.76. The van der Waals surface area contributed by atoms with Crippen LogP contribution in [-0.4, -0.2) is 11.7 Å². The Morgan fingerprint density at radius 3 is 2.67 bits per heavy atom. The zero-order valence-electron chi connectivity index (χ0n) is 10.3. The van der Waals surface area contributed by atoms with Crippen molar-refractivity contribution < 1.29 is 14.3 Å². The van der Waals surface area contributed by atoms with E-state index in [1.807, 2.05) is 38.1 Å². The maximum Gasteiger partial charge on any atom is 0.138 e. The first-order valence-corrected chi connectivity index (χ1v) is 6.57. The van der Waals surface area contributed by atoms with Crippen LogP contribution >= 0.6 is 15.9 Å². The number of aliphatic hydroxyl groups excluding tert-OH is 1. The number of ether oxygens (including phenoxy) is 1. The first kappa shape index (κ1) is 13.2. The van der Waals surface area contributed by atoms with E-state index >= 15 is 0 Å². The summed E-state index contributed by atoms with van der Waals surface area (Å²) in [4.78, 5) is 0. The Hall–Kier alpha value is -1.26. The third-order valence-corrected chi connectivity index (χ3v) is 3.29. The topological polar surface area (TPSA) is 42.6 Å². The van der Waals surface area contributed by atoms with E-state index < -0.39 is 6.10 Å². The van der Waals surface area contributed by atoms with Gasteiger partial charge in [-0.3, -0.25) is 0 Å². The lowest BCUT2D eigenvalue weighted by Gasteiger charge is -2.12. The predicted molar refractivity (Wildman–Crippen MR) is 72.8 cm³/mol. The average molecular weight is 311 g/mol. The van der Waals surface area contributed by atoms with Crippen molar-refractivity contribution in [1.82, 2.24) is 0 Å². The standard InChI is InChI=1S/C14H15BrO3/c1-3-17-10-5-6-11(12(15)8-10)14(16)13-7-4-9(2)18-13/h4-8,14,16H,3H2,1-2H3. The fraction of sp³-hybridized carbons (Fsp3) is 0.286. The minimum absolute atomic E-state index is 0.539. The van der Waals surface area contributed by atoms with Gasteiger partial charge in [0, 0.05) is 10.0 Å². The lowest BCUT2D eigenvalue weighted by Crippen LogP contribution is -2.00. The molecule has 1 N–H and O–H groups in total. The zero-order chi connectivity index (χ0) is 13.1. The molecule has 1 aromatic heterocycles. The maximum absolute atomic E-state index is 10.2. The molecule has 1 aromatic carbocycles. The Labute approximate surface area is 115 Å². The number of halogens is 1. The van der Waals surface area contributed by atoms with Crippen LogP contribution in [0.2, 0.25) is 0 Å². The van der Waals surface area contributed by atoms with E-state index in [0.29, 0.717) is 12.4 Å². The number of hydrogen-bond donors (Lipinski definition) is 1. The molecule has 2 rings (SSSR count). The maximum atomic E-state index is 10.2. The largest absolute Gasteiger partial charge is 0.494 e. The van der Waals surface area contributed by atoms with Gasteiger partial charge in [0.2, 0.25) is 0 Å². The second kappa shape index (κ2) is 5.59. The van der Waals surface area contributed by atoms with Crippen molar-refractivity contribution in [2.75, 3.05) is 6.61 Å². The lowest BCUT2D eigenvalue weighted by molar-refractivity contribution is 0.187. The number of aryl methyl sites for hydroxylation is 1. The Bertz CT molecular complexity index is 534. The molecule has 0 aliphatic carbocycles. The van der Waals surface area contributed by atoms with Crippen molar-refractivity contribution in [1.29, 1.82) is 0 Å². The molecule has 0 bridgehead atoms. The number of hydrogen-bond acceptors (Lipinski definition) is 3. The summed E-state index contributed by atoms with van der Waals surface area (Å²) in [7, 11) is 0. The van der Waals surface area contributed by atoms with Gasteiger partial charge < -0.3 is 14.3 Å². The van der Waals surface area contributed by atoms with Gasteiger partial charge in [-0.25, -0.2) is 0 Å². The number of aliphatic hydroxyl groups is 1. The van der Waals surface area contributed by atoms with Crippen LogP contribution in [0.5, 0.6) is 5.75 Å². The van der Waals surface area contributed by atoms with Crippen molar-refractivity contribution in [2.45, 2.75) is 20.0 Å². The van der Waals surface area contributed by atoms with Crippen LogP contribution in [-0.2, 0) is 0 Å². The van der Waals surface area contributed by atoms with Gasteiger partial charge in [-0.05, 0) is 38.1 Å². The van der Waals surface area contributed by atoms with E-state index in [1.54, 1.807) is 6.07 Å². The predicted octanol–water partition coefficient (Wildman–Crippen LogP) is 3.83. The molecular weight excluding hydrogens is 296 g/mol. The van der Waals surface area contributed by atoms with E-state index in [1.165, 1.54) is 0 Å². The van der Waals surface area contributed by atoms with Crippen molar-refractivity contribution in [3.63, 3.8) is 0 Å². The number of benzene rings is 1. The smallest absolute Gasteiger partial charge is 0.138 e. The molecule has 4 heteroatoms. The summed E-state index contributed by atoms with van der Waals surface area (Å²) in [6.45, 7) is 4.40. The molecule has 0 fully saturated rings. The Kier molecular flexibility index (Phi) is 4.09. The fourth-order valence-corrected chi connectivity index (χ4v) is 2.31. The van der Waals surface area contributed by atoms with Gasteiger partial charge in [-0.15, -0.1) is 0 Å². The van der Waals surface area contributed by atoms with E-state index in [9.17, 15) is 5.11 Å². The molecule has 0 aliphatic heterocycles. The summed E-state index contributed by atoms with van der Waals surface area (Å²) < 4.78 is 11.6. The Morgan fingerprint density at radius 1 is 1.33 bits per heavy atom. The highest BCUT2D eigenvalue weighted by Crippen LogP contribution is 2.32. The van der Waals surface area contributed by atoms with Gasteiger partial charge in [-0.1, -0.05) is 22.0 Å². The van der Waals surface area contributed by atoms with Gasteiger partial charge in [-0.2, -0.15) is 0 Å². The molecule has 0 radical (unpaired) electrons. The number of furan rings is 1. The minimum atomic E-state index is -0.774. The molecule has 0 amide bonds. The van der Waals surface area contributed by atoms with Gasteiger partial charge in [0.05, 0.1) is 6.61 Å². The first-order valence-electron chi connectivity index (χ1n) is 5.78. The summed E-state index contributed by atoms with van der Waals surface area (Å²) in [5, 5.41) is 10.2. The lowest BCUT2D eigenvalue weighted by atomic mass is 10.1. The molecule has 0 saturated heterocycles. The van der Waals surface area contributed by atoms with Crippen molar-refractivity contribution in [2.24, 2.45) is 0 Å². The number of rotatable bonds is 4. The zero-order valence-corrected chi connectivity index (χ0v) is 11.9. The van der Waals surface area contributed by atoms with Gasteiger partial charge in [0.25, 0.3) is 0 Å².